The van der Waals surface area contributed by atoms with Gasteiger partial charge in [0, 0.05) is 18.1 Å². The maximum absolute atomic E-state index is 11.8. The number of nitrogens with one attached hydrogen (secondary N) is 2. The van der Waals surface area contributed by atoms with Crippen LogP contribution in [-0.4, -0.2) is 33.4 Å². The summed E-state index contributed by atoms with van der Waals surface area (Å²) in [5.41, 5.74) is 11.8. The molecule has 0 saturated heterocycles. The predicted octanol–water partition coefficient (Wildman–Crippen LogP) is -0.428. The lowest BCUT2D eigenvalue weighted by Crippen LogP contribution is -2.55. The van der Waals surface area contributed by atoms with E-state index in [1.807, 2.05) is 35.0 Å². The summed E-state index contributed by atoms with van der Waals surface area (Å²) in [6.07, 6.45) is 5.17. The summed E-state index contributed by atoms with van der Waals surface area (Å²) in [7, 11) is 0. The van der Waals surface area contributed by atoms with Gasteiger partial charge in [0.25, 0.3) is 0 Å². The molecule has 24 heavy (non-hydrogen) atoms. The van der Waals surface area contributed by atoms with Gasteiger partial charge in [0.15, 0.2) is 6.04 Å². The Labute approximate surface area is 138 Å². The lowest BCUT2D eigenvalue weighted by Gasteiger charge is -2.18. The standard InChI is InChI=1S/C15H18N6O3/c1-9(19-15(24)20-12(13(16)22)14(17)23)10-2-4-11(5-3-10)21-7-6-18-8-21/h2-9,12H,1H3,(H2,16,22)(H2,17,23)(H2,19,20,24). The number of urea groups is 1. The number of imidazole rings is 1. The fraction of sp³-hybridized carbons (Fsp3) is 0.200. The average molecular weight is 330 g/mol. The smallest absolute Gasteiger partial charge is 0.316 e. The Morgan fingerprint density at radius 1 is 1.08 bits per heavy atom. The molecule has 2 aromatic rings. The average Bonchev–Trinajstić information content (AvgIpc) is 3.06. The molecule has 0 aliphatic carbocycles. The Morgan fingerprint density at radius 3 is 2.21 bits per heavy atom. The van der Waals surface area contributed by atoms with Gasteiger partial charge in [-0.05, 0) is 24.6 Å². The lowest BCUT2D eigenvalue weighted by molar-refractivity contribution is -0.128. The van der Waals surface area contributed by atoms with Crippen LogP contribution in [0.1, 0.15) is 18.5 Å². The number of primary amides is 2. The molecular formula is C15H18N6O3. The highest BCUT2D eigenvalue weighted by Crippen LogP contribution is 2.15. The van der Waals surface area contributed by atoms with Crippen molar-refractivity contribution in [1.29, 1.82) is 0 Å². The van der Waals surface area contributed by atoms with Crippen LogP contribution in [0.2, 0.25) is 0 Å². The van der Waals surface area contributed by atoms with Crippen LogP contribution in [0.4, 0.5) is 4.79 Å². The Hall–Kier alpha value is -3.36. The molecule has 126 valence electrons. The minimum atomic E-state index is -1.55. The number of carbonyl (C=O) groups excluding carboxylic acids is 3. The zero-order valence-electron chi connectivity index (χ0n) is 13.0. The SMILES string of the molecule is CC(NC(=O)NC(C(N)=O)C(N)=O)c1ccc(-n2ccnc2)cc1. The molecule has 0 saturated carbocycles. The zero-order chi connectivity index (χ0) is 17.7. The van der Waals surface area contributed by atoms with Gasteiger partial charge in [-0.15, -0.1) is 0 Å². The van der Waals surface area contributed by atoms with Gasteiger partial charge >= 0.3 is 6.03 Å². The maximum atomic E-state index is 11.8. The van der Waals surface area contributed by atoms with Crippen LogP contribution in [0.15, 0.2) is 43.0 Å². The first kappa shape index (κ1) is 17.0. The highest BCUT2D eigenvalue weighted by atomic mass is 16.2. The van der Waals surface area contributed by atoms with Crippen LogP contribution in [0.25, 0.3) is 5.69 Å². The van der Waals surface area contributed by atoms with E-state index in [2.05, 4.69) is 15.6 Å². The molecule has 0 radical (unpaired) electrons. The molecule has 9 nitrogen and oxygen atoms in total. The van der Waals surface area contributed by atoms with E-state index in [1.165, 1.54) is 0 Å². The second-order valence-corrected chi connectivity index (χ2v) is 5.14. The molecule has 0 aliphatic rings. The highest BCUT2D eigenvalue weighted by molar-refractivity contribution is 6.05. The lowest BCUT2D eigenvalue weighted by atomic mass is 10.1. The normalized spacial score (nSPS) is 11.8. The second kappa shape index (κ2) is 7.27. The molecule has 1 unspecified atom stereocenters. The third-order valence-electron chi connectivity index (χ3n) is 3.39. The maximum Gasteiger partial charge on any atom is 0.316 e. The first-order valence-corrected chi connectivity index (χ1v) is 7.12. The fourth-order valence-corrected chi connectivity index (χ4v) is 2.08. The summed E-state index contributed by atoms with van der Waals surface area (Å²) in [4.78, 5) is 37.9. The van der Waals surface area contributed by atoms with E-state index in [1.54, 1.807) is 19.4 Å². The van der Waals surface area contributed by atoms with Crippen molar-refractivity contribution in [3.63, 3.8) is 0 Å². The fourth-order valence-electron chi connectivity index (χ4n) is 2.08. The number of aromatic nitrogens is 2. The summed E-state index contributed by atoms with van der Waals surface area (Å²) in [5.74, 6) is -2.04. The van der Waals surface area contributed by atoms with Gasteiger partial charge in [0.1, 0.15) is 0 Å². The molecule has 1 heterocycles. The topological polar surface area (TPSA) is 145 Å². The molecule has 9 heteroatoms. The van der Waals surface area contributed by atoms with Gasteiger partial charge in [-0.3, -0.25) is 9.59 Å². The van der Waals surface area contributed by atoms with Gasteiger partial charge in [-0.2, -0.15) is 0 Å². The van der Waals surface area contributed by atoms with Crippen LogP contribution >= 0.6 is 0 Å². The highest BCUT2D eigenvalue weighted by Gasteiger charge is 2.24. The van der Waals surface area contributed by atoms with Gasteiger partial charge in [-0.25, -0.2) is 9.78 Å². The van der Waals surface area contributed by atoms with Crippen LogP contribution in [-0.2, 0) is 9.59 Å². The largest absolute Gasteiger partial charge is 0.367 e. The molecule has 0 fully saturated rings. The number of carbonyl (C=O) groups is 3. The summed E-state index contributed by atoms with van der Waals surface area (Å²) in [5, 5.41) is 4.74. The van der Waals surface area contributed by atoms with Gasteiger partial charge in [0.2, 0.25) is 11.8 Å². The molecule has 0 aliphatic heterocycles. The van der Waals surface area contributed by atoms with Crippen molar-refractivity contribution >= 4 is 17.8 Å². The van der Waals surface area contributed by atoms with Crippen molar-refractivity contribution in [3.8, 4) is 5.69 Å². The summed E-state index contributed by atoms with van der Waals surface area (Å²) in [6.45, 7) is 1.76. The molecule has 6 N–H and O–H groups in total. The Bertz CT molecular complexity index is 712. The Morgan fingerprint density at radius 2 is 1.71 bits per heavy atom. The van der Waals surface area contributed by atoms with Crippen molar-refractivity contribution < 1.29 is 14.4 Å². The van der Waals surface area contributed by atoms with Crippen molar-refractivity contribution in [1.82, 2.24) is 20.2 Å². The third-order valence-corrected chi connectivity index (χ3v) is 3.39. The summed E-state index contributed by atoms with van der Waals surface area (Å²) >= 11 is 0. The molecule has 2 rings (SSSR count). The molecule has 1 atom stereocenters. The van der Waals surface area contributed by atoms with Crippen molar-refractivity contribution in [2.24, 2.45) is 11.5 Å². The van der Waals surface area contributed by atoms with E-state index in [0.29, 0.717) is 0 Å². The Kier molecular flexibility index (Phi) is 5.15. The van der Waals surface area contributed by atoms with Crippen molar-refractivity contribution in [2.45, 2.75) is 19.0 Å². The quantitative estimate of drug-likeness (QED) is 0.532. The molecule has 0 bridgehead atoms. The van der Waals surface area contributed by atoms with Gasteiger partial charge in [-0.1, -0.05) is 12.1 Å². The van der Waals surface area contributed by atoms with E-state index >= 15 is 0 Å². The van der Waals surface area contributed by atoms with E-state index in [-0.39, 0.29) is 6.04 Å². The first-order chi connectivity index (χ1) is 11.4. The van der Waals surface area contributed by atoms with Crippen LogP contribution in [0.3, 0.4) is 0 Å². The molecule has 4 amide bonds. The van der Waals surface area contributed by atoms with Crippen LogP contribution in [0.5, 0.6) is 0 Å². The third kappa shape index (κ3) is 4.09. The monoisotopic (exact) mass is 330 g/mol. The van der Waals surface area contributed by atoms with Crippen LogP contribution < -0.4 is 22.1 Å². The number of nitrogens with zero attached hydrogens (tertiary/aromatic N) is 2. The van der Waals surface area contributed by atoms with Crippen molar-refractivity contribution in [3.05, 3.63) is 48.5 Å². The number of nitrogens with two attached hydrogens (primary N) is 2. The summed E-state index contributed by atoms with van der Waals surface area (Å²) < 4.78 is 1.85. The van der Waals surface area contributed by atoms with Gasteiger partial charge in [0.05, 0.1) is 12.4 Å². The number of rotatable bonds is 6. The number of benzene rings is 1. The van der Waals surface area contributed by atoms with Crippen molar-refractivity contribution in [2.75, 3.05) is 0 Å². The minimum absolute atomic E-state index is 0.358. The minimum Gasteiger partial charge on any atom is -0.367 e. The number of amides is 4. The number of hydrogen-bond acceptors (Lipinski definition) is 4. The summed E-state index contributed by atoms with van der Waals surface area (Å²) in [6, 6.07) is 4.82. The van der Waals surface area contributed by atoms with E-state index in [0.717, 1.165) is 11.3 Å². The first-order valence-electron chi connectivity index (χ1n) is 7.12. The molecule has 0 spiro atoms. The van der Waals surface area contributed by atoms with E-state index < -0.39 is 23.9 Å². The Balaban J connectivity index is 1.99. The van der Waals surface area contributed by atoms with Gasteiger partial charge < -0.3 is 26.7 Å². The van der Waals surface area contributed by atoms with Crippen LogP contribution in [0, 0.1) is 0 Å². The molecule has 1 aromatic carbocycles. The van der Waals surface area contributed by atoms with E-state index in [9.17, 15) is 14.4 Å². The van der Waals surface area contributed by atoms with E-state index in [4.69, 9.17) is 11.5 Å². The molecule has 1 aromatic heterocycles. The zero-order valence-corrected chi connectivity index (χ0v) is 13.0. The second-order valence-electron chi connectivity index (χ2n) is 5.14. The molecular weight excluding hydrogens is 312 g/mol. The number of hydrogen-bond donors (Lipinski definition) is 4. The predicted molar refractivity (Wildman–Crippen MR) is 85.8 cm³/mol.